The van der Waals surface area contributed by atoms with Crippen molar-refractivity contribution >= 4 is 28.4 Å². The summed E-state index contributed by atoms with van der Waals surface area (Å²) >= 11 is 0. The fraction of sp³-hybridized carbons (Fsp3) is 0.176. The van der Waals surface area contributed by atoms with Crippen LogP contribution in [0.4, 0.5) is 20.2 Å². The van der Waals surface area contributed by atoms with Crippen LogP contribution in [-0.4, -0.2) is 25.4 Å². The van der Waals surface area contributed by atoms with Gasteiger partial charge in [-0.2, -0.15) is 8.78 Å². The van der Waals surface area contributed by atoms with Crippen LogP contribution in [0.2, 0.25) is 0 Å². The van der Waals surface area contributed by atoms with Gasteiger partial charge >= 0.3 is 12.5 Å². The molecule has 0 bridgehead atoms. The summed E-state index contributed by atoms with van der Waals surface area (Å²) in [6.45, 7) is -1.67. The number of carbonyl (C=O) groups is 1. The van der Waals surface area contributed by atoms with Gasteiger partial charge < -0.3 is 4.74 Å². The molecule has 1 unspecified atom stereocenters. The number of non-ortho nitro benzene ring substituents is 2. The molecule has 0 saturated heterocycles. The minimum absolute atomic E-state index is 0.131. The maximum absolute atomic E-state index is 13.5. The van der Waals surface area contributed by atoms with E-state index in [4.69, 9.17) is 4.74 Å². The number of benzene rings is 2. The summed E-state index contributed by atoms with van der Waals surface area (Å²) in [7, 11) is 0. The van der Waals surface area contributed by atoms with Gasteiger partial charge in [-0.15, -0.1) is 0 Å². The molecule has 2 aromatic carbocycles. The van der Waals surface area contributed by atoms with E-state index in [0.717, 1.165) is 12.1 Å². The zero-order chi connectivity index (χ0) is 21.3. The molecule has 150 valence electrons. The smallest absolute Gasteiger partial charge is 0.339 e. The molecule has 3 rings (SSSR count). The monoisotopic (exact) mass is 406 g/mol. The molecule has 0 radical (unpaired) electrons. The summed E-state index contributed by atoms with van der Waals surface area (Å²) in [6, 6.07) is 8.39. The topological polar surface area (TPSA) is 130 Å². The average Bonchev–Trinajstić information content (AvgIpc) is 3.07. The van der Waals surface area contributed by atoms with Crippen LogP contribution >= 0.6 is 0 Å². The van der Waals surface area contributed by atoms with E-state index >= 15 is 0 Å². The highest BCUT2D eigenvalue weighted by molar-refractivity contribution is 5.91. The molecule has 0 aliphatic carbocycles. The number of ether oxygens (including phenoxy) is 1. The van der Waals surface area contributed by atoms with Gasteiger partial charge in [0.15, 0.2) is 11.9 Å². The van der Waals surface area contributed by atoms with Gasteiger partial charge in [-0.1, -0.05) is 12.1 Å². The van der Waals surface area contributed by atoms with Crippen LogP contribution < -0.4 is 0 Å². The molecule has 0 saturated carbocycles. The molecule has 29 heavy (non-hydrogen) atoms. The Morgan fingerprint density at radius 1 is 1.10 bits per heavy atom. The number of nitrogens with zero attached hydrogens (tertiary/aromatic N) is 4. The summed E-state index contributed by atoms with van der Waals surface area (Å²) in [5.74, 6) is -1.40. The van der Waals surface area contributed by atoms with Crippen molar-refractivity contribution in [3.63, 3.8) is 0 Å². The first-order valence-corrected chi connectivity index (χ1v) is 8.09. The Kier molecular flexibility index (Phi) is 5.17. The molecule has 10 nitrogen and oxygen atoms in total. The van der Waals surface area contributed by atoms with Gasteiger partial charge in [-0.25, -0.2) is 9.78 Å². The Morgan fingerprint density at radius 3 is 2.24 bits per heavy atom. The Labute approximate surface area is 160 Å². The number of para-hydroxylation sites is 2. The Balaban J connectivity index is 1.96. The Hall–Kier alpha value is -3.96. The van der Waals surface area contributed by atoms with E-state index in [0.29, 0.717) is 10.6 Å². The SMILES string of the molecule is CC(OC(=O)c1cc([N+](=O)[O-])cc([N+](=O)[O-])c1)c1nc2ccccc2n1C(F)F. The molecule has 1 aromatic heterocycles. The predicted octanol–water partition coefficient (Wildman–Crippen LogP) is 4.17. The third-order valence-corrected chi connectivity index (χ3v) is 4.03. The van der Waals surface area contributed by atoms with Gasteiger partial charge in [-0.05, 0) is 19.1 Å². The predicted molar refractivity (Wildman–Crippen MR) is 94.6 cm³/mol. The number of aromatic nitrogens is 2. The molecular weight excluding hydrogens is 394 g/mol. The summed E-state index contributed by atoms with van der Waals surface area (Å²) in [6.07, 6.45) is -1.26. The molecular formula is C17H12F2N4O6. The second-order valence-electron chi connectivity index (χ2n) is 5.91. The van der Waals surface area contributed by atoms with E-state index in [1.807, 2.05) is 0 Å². The number of hydrogen-bond donors (Lipinski definition) is 0. The van der Waals surface area contributed by atoms with Crippen molar-refractivity contribution in [2.45, 2.75) is 19.6 Å². The second kappa shape index (κ2) is 7.58. The summed E-state index contributed by atoms with van der Waals surface area (Å²) in [4.78, 5) is 36.5. The van der Waals surface area contributed by atoms with Crippen molar-refractivity contribution in [3.05, 3.63) is 74.1 Å². The van der Waals surface area contributed by atoms with Gasteiger partial charge in [0.2, 0.25) is 0 Å². The van der Waals surface area contributed by atoms with E-state index < -0.39 is 45.4 Å². The number of esters is 1. The molecule has 0 fully saturated rings. The normalized spacial score (nSPS) is 12.1. The Morgan fingerprint density at radius 2 is 1.69 bits per heavy atom. The van der Waals surface area contributed by atoms with Gasteiger partial charge in [-0.3, -0.25) is 24.8 Å². The largest absolute Gasteiger partial charge is 0.451 e. The van der Waals surface area contributed by atoms with Crippen molar-refractivity contribution in [2.24, 2.45) is 0 Å². The van der Waals surface area contributed by atoms with Gasteiger partial charge in [0.1, 0.15) is 0 Å². The number of carbonyl (C=O) groups excluding carboxylic acids is 1. The van der Waals surface area contributed by atoms with E-state index in [1.54, 1.807) is 12.1 Å². The number of nitro benzene ring substituents is 2. The summed E-state index contributed by atoms with van der Waals surface area (Å²) in [5, 5.41) is 21.9. The van der Waals surface area contributed by atoms with Gasteiger partial charge in [0.25, 0.3) is 11.4 Å². The number of alkyl halides is 2. The molecule has 1 atom stereocenters. The van der Waals surface area contributed by atoms with Crippen LogP contribution in [0.3, 0.4) is 0 Å². The molecule has 0 N–H and O–H groups in total. The number of halogens is 2. The van der Waals surface area contributed by atoms with Crippen molar-refractivity contribution in [1.29, 1.82) is 0 Å². The first-order valence-electron chi connectivity index (χ1n) is 8.09. The van der Waals surface area contributed by atoms with Crippen LogP contribution in [0.25, 0.3) is 11.0 Å². The van der Waals surface area contributed by atoms with Crippen LogP contribution in [0.15, 0.2) is 42.5 Å². The highest BCUT2D eigenvalue weighted by Gasteiger charge is 2.26. The third kappa shape index (κ3) is 3.85. The maximum atomic E-state index is 13.5. The summed E-state index contributed by atoms with van der Waals surface area (Å²) in [5.41, 5.74) is -1.43. The van der Waals surface area contributed by atoms with Gasteiger partial charge in [0, 0.05) is 12.1 Å². The fourth-order valence-corrected chi connectivity index (χ4v) is 2.76. The number of nitro groups is 2. The van der Waals surface area contributed by atoms with E-state index in [-0.39, 0.29) is 16.9 Å². The van der Waals surface area contributed by atoms with Crippen molar-refractivity contribution in [2.75, 3.05) is 0 Å². The molecule has 12 heteroatoms. The number of hydrogen-bond acceptors (Lipinski definition) is 7. The molecule has 1 heterocycles. The molecule has 0 amide bonds. The van der Waals surface area contributed by atoms with Crippen LogP contribution in [0.1, 0.15) is 35.8 Å². The number of imidazole rings is 1. The minimum atomic E-state index is -2.96. The molecule has 3 aromatic rings. The summed E-state index contributed by atoms with van der Waals surface area (Å²) < 4.78 is 32.8. The first kappa shape index (κ1) is 19.8. The zero-order valence-electron chi connectivity index (χ0n) is 14.7. The lowest BCUT2D eigenvalue weighted by Gasteiger charge is -2.15. The highest BCUT2D eigenvalue weighted by Crippen LogP contribution is 2.29. The lowest BCUT2D eigenvalue weighted by Crippen LogP contribution is -2.15. The number of rotatable bonds is 6. The Bertz CT molecular complexity index is 1100. The van der Waals surface area contributed by atoms with Crippen molar-refractivity contribution in [3.8, 4) is 0 Å². The van der Waals surface area contributed by atoms with Crippen LogP contribution in [0.5, 0.6) is 0 Å². The van der Waals surface area contributed by atoms with Crippen LogP contribution in [-0.2, 0) is 4.74 Å². The highest BCUT2D eigenvalue weighted by atomic mass is 19.3. The number of fused-ring (bicyclic) bond motifs is 1. The lowest BCUT2D eigenvalue weighted by molar-refractivity contribution is -0.394. The fourth-order valence-electron chi connectivity index (χ4n) is 2.76. The second-order valence-corrected chi connectivity index (χ2v) is 5.91. The van der Waals surface area contributed by atoms with Crippen molar-refractivity contribution in [1.82, 2.24) is 9.55 Å². The lowest BCUT2D eigenvalue weighted by atomic mass is 10.1. The minimum Gasteiger partial charge on any atom is -0.451 e. The standard InChI is InChI=1S/C17H12F2N4O6/c1-9(15-20-13-4-2-3-5-14(13)21(15)17(18)19)29-16(24)10-6-11(22(25)26)8-12(7-10)23(27)28/h2-9,17H,1H3. The van der Waals surface area contributed by atoms with Gasteiger partial charge in [0.05, 0.1) is 32.5 Å². The first-order chi connectivity index (χ1) is 13.7. The van der Waals surface area contributed by atoms with Crippen molar-refractivity contribution < 1.29 is 28.2 Å². The van der Waals surface area contributed by atoms with E-state index in [1.165, 1.54) is 19.1 Å². The molecule has 0 aliphatic heterocycles. The quantitative estimate of drug-likeness (QED) is 0.341. The van der Waals surface area contributed by atoms with E-state index in [9.17, 15) is 33.8 Å². The molecule has 0 spiro atoms. The van der Waals surface area contributed by atoms with E-state index in [2.05, 4.69) is 4.98 Å². The van der Waals surface area contributed by atoms with Crippen LogP contribution in [0, 0.1) is 20.2 Å². The third-order valence-electron chi connectivity index (χ3n) is 4.03. The average molecular weight is 406 g/mol. The molecule has 0 aliphatic rings. The maximum Gasteiger partial charge on any atom is 0.339 e. The zero-order valence-corrected chi connectivity index (χ0v) is 14.7.